The van der Waals surface area contributed by atoms with Gasteiger partial charge in [-0.05, 0) is 48.5 Å². The fourth-order valence-electron chi connectivity index (χ4n) is 3.13. The fraction of sp³-hybridized carbons (Fsp3) is 0.250. The molecule has 0 saturated carbocycles. The highest BCUT2D eigenvalue weighted by atomic mass is 32.2. The number of amides is 3. The molecule has 1 heterocycles. The average molecular weight is 380 g/mol. The highest BCUT2D eigenvalue weighted by Gasteiger charge is 2.33. The van der Waals surface area contributed by atoms with Crippen molar-refractivity contribution in [3.05, 3.63) is 60.2 Å². The molecule has 2 unspecified atom stereocenters. The van der Waals surface area contributed by atoms with Crippen molar-refractivity contribution >= 4 is 29.4 Å². The third-order valence-corrected chi connectivity index (χ3v) is 5.12. The van der Waals surface area contributed by atoms with Crippen LogP contribution in [0, 0.1) is 10.7 Å². The number of carbonyl (C=O) groups excluding carboxylic acids is 2. The van der Waals surface area contributed by atoms with Crippen LogP contribution in [0.3, 0.4) is 0 Å². The summed E-state index contributed by atoms with van der Waals surface area (Å²) < 4.78 is 0. The van der Waals surface area contributed by atoms with Gasteiger partial charge in [0.1, 0.15) is 5.40 Å². The number of nitrogens with zero attached hydrogens (tertiary/aromatic N) is 2. The summed E-state index contributed by atoms with van der Waals surface area (Å²) in [5.41, 5.74) is 1.71. The molecule has 0 spiro atoms. The lowest BCUT2D eigenvalue weighted by Gasteiger charge is -2.25. The van der Waals surface area contributed by atoms with E-state index in [-0.39, 0.29) is 24.0 Å². The summed E-state index contributed by atoms with van der Waals surface area (Å²) in [6, 6.07) is 16.3. The zero-order chi connectivity index (χ0) is 19.2. The van der Waals surface area contributed by atoms with Gasteiger partial charge in [0, 0.05) is 23.5 Å². The first kappa shape index (κ1) is 18.8. The normalized spacial score (nSPS) is 17.3. The van der Waals surface area contributed by atoms with Crippen molar-refractivity contribution in [2.75, 3.05) is 11.9 Å². The molecule has 138 valence electrons. The largest absolute Gasteiger partial charge is 0.334 e. The van der Waals surface area contributed by atoms with Crippen molar-refractivity contribution in [3.8, 4) is 5.40 Å². The first-order valence-electron chi connectivity index (χ1n) is 8.64. The first-order valence-corrected chi connectivity index (χ1v) is 9.46. The molecule has 1 saturated heterocycles. The van der Waals surface area contributed by atoms with Crippen molar-refractivity contribution < 1.29 is 9.59 Å². The molecule has 2 aromatic rings. The van der Waals surface area contributed by atoms with E-state index in [2.05, 4.69) is 10.6 Å². The number of hydrogen-bond acceptors (Lipinski definition) is 4. The minimum Gasteiger partial charge on any atom is -0.334 e. The first-order chi connectivity index (χ1) is 13.1. The maximum atomic E-state index is 12.4. The molecule has 1 aliphatic heterocycles. The van der Waals surface area contributed by atoms with Gasteiger partial charge >= 0.3 is 6.03 Å². The number of nitriles is 1. The van der Waals surface area contributed by atoms with Gasteiger partial charge in [0.15, 0.2) is 0 Å². The van der Waals surface area contributed by atoms with E-state index in [1.807, 2.05) is 42.7 Å². The molecule has 0 bridgehead atoms. The van der Waals surface area contributed by atoms with E-state index >= 15 is 0 Å². The third-order valence-electron chi connectivity index (χ3n) is 4.52. The lowest BCUT2D eigenvalue weighted by molar-refractivity contribution is -0.129. The molecule has 3 amide bonds. The van der Waals surface area contributed by atoms with E-state index in [9.17, 15) is 9.59 Å². The highest BCUT2D eigenvalue weighted by Crippen LogP contribution is 2.25. The van der Waals surface area contributed by atoms with Gasteiger partial charge in [0.05, 0.1) is 12.1 Å². The lowest BCUT2D eigenvalue weighted by atomic mass is 10.1. The molecule has 0 aromatic heterocycles. The van der Waals surface area contributed by atoms with Crippen molar-refractivity contribution in [1.29, 1.82) is 5.26 Å². The van der Waals surface area contributed by atoms with Crippen LogP contribution in [-0.4, -0.2) is 29.4 Å². The van der Waals surface area contributed by atoms with Gasteiger partial charge in [-0.1, -0.05) is 30.3 Å². The molecule has 1 aliphatic rings. The number of urea groups is 1. The average Bonchev–Trinajstić information content (AvgIpc) is 3.03. The van der Waals surface area contributed by atoms with E-state index in [0.717, 1.165) is 22.2 Å². The predicted octanol–water partition coefficient (Wildman–Crippen LogP) is 3.74. The number of benzene rings is 2. The molecule has 0 radical (unpaired) electrons. The number of hydrogen-bond donors (Lipinski definition) is 2. The second-order valence-corrected chi connectivity index (χ2v) is 7.21. The standard InChI is InChI=1S/C20H20N4O2S/c1-14(15-5-3-2-4-6-15)24-12-17(11-19(24)25)23-20(26)22-16-7-9-18(10-8-16)27-13-21/h2-10,14,17H,11-12H2,1H3,(H2,22,23,26). The van der Waals surface area contributed by atoms with Crippen molar-refractivity contribution in [3.63, 3.8) is 0 Å². The molecule has 7 heteroatoms. The van der Waals surface area contributed by atoms with E-state index in [0.29, 0.717) is 18.7 Å². The summed E-state index contributed by atoms with van der Waals surface area (Å²) in [6.07, 6.45) is 0.294. The monoisotopic (exact) mass is 380 g/mol. The Morgan fingerprint density at radius 1 is 1.22 bits per heavy atom. The number of anilines is 1. The van der Waals surface area contributed by atoms with Crippen LogP contribution < -0.4 is 10.6 Å². The zero-order valence-electron chi connectivity index (χ0n) is 14.9. The molecule has 2 aromatic carbocycles. The van der Waals surface area contributed by atoms with Crippen molar-refractivity contribution in [1.82, 2.24) is 10.2 Å². The molecule has 3 rings (SSSR count). The zero-order valence-corrected chi connectivity index (χ0v) is 15.7. The van der Waals surface area contributed by atoms with Crippen LogP contribution in [0.25, 0.3) is 0 Å². The number of rotatable bonds is 5. The Morgan fingerprint density at radius 2 is 1.93 bits per heavy atom. The number of likely N-dealkylation sites (tertiary alicyclic amines) is 1. The van der Waals surface area contributed by atoms with Crippen LogP contribution in [0.5, 0.6) is 0 Å². The SMILES string of the molecule is CC(c1ccccc1)N1CC(NC(=O)Nc2ccc(SC#N)cc2)CC1=O. The Kier molecular flexibility index (Phi) is 5.99. The summed E-state index contributed by atoms with van der Waals surface area (Å²) in [4.78, 5) is 27.2. The van der Waals surface area contributed by atoms with Crippen LogP contribution in [-0.2, 0) is 4.79 Å². The van der Waals surface area contributed by atoms with E-state index in [1.54, 1.807) is 29.2 Å². The predicted molar refractivity (Wildman–Crippen MR) is 105 cm³/mol. The summed E-state index contributed by atoms with van der Waals surface area (Å²) in [6.45, 7) is 2.48. The van der Waals surface area contributed by atoms with Gasteiger partial charge in [-0.2, -0.15) is 5.26 Å². The van der Waals surface area contributed by atoms with Gasteiger partial charge < -0.3 is 15.5 Å². The van der Waals surface area contributed by atoms with Gasteiger partial charge in [0.25, 0.3) is 0 Å². The van der Waals surface area contributed by atoms with Gasteiger partial charge in [-0.3, -0.25) is 4.79 Å². The Bertz CT molecular complexity index is 849. The maximum absolute atomic E-state index is 12.4. The molecule has 2 atom stereocenters. The highest BCUT2D eigenvalue weighted by molar-refractivity contribution is 8.03. The van der Waals surface area contributed by atoms with Gasteiger partial charge in [-0.15, -0.1) is 0 Å². The van der Waals surface area contributed by atoms with Gasteiger partial charge in [0.2, 0.25) is 5.91 Å². The summed E-state index contributed by atoms with van der Waals surface area (Å²) in [5.74, 6) is 0.0366. The maximum Gasteiger partial charge on any atom is 0.319 e. The number of thiocyanates is 1. The Hall–Kier alpha value is -2.98. The number of nitrogens with one attached hydrogen (secondary N) is 2. The summed E-state index contributed by atoms with van der Waals surface area (Å²) >= 11 is 1.06. The second kappa shape index (κ2) is 8.60. The Labute approximate surface area is 162 Å². The van der Waals surface area contributed by atoms with Crippen LogP contribution in [0.1, 0.15) is 24.9 Å². The third kappa shape index (κ3) is 4.80. The molecular weight excluding hydrogens is 360 g/mol. The quantitative estimate of drug-likeness (QED) is 0.611. The fourth-order valence-corrected chi connectivity index (χ4v) is 3.50. The smallest absolute Gasteiger partial charge is 0.319 e. The van der Waals surface area contributed by atoms with Gasteiger partial charge in [-0.25, -0.2) is 4.79 Å². The van der Waals surface area contributed by atoms with Crippen LogP contribution in [0.4, 0.5) is 10.5 Å². The van der Waals surface area contributed by atoms with Crippen LogP contribution in [0.15, 0.2) is 59.5 Å². The molecule has 0 aliphatic carbocycles. The molecule has 1 fully saturated rings. The lowest BCUT2D eigenvalue weighted by Crippen LogP contribution is -2.40. The van der Waals surface area contributed by atoms with Crippen molar-refractivity contribution in [2.45, 2.75) is 30.3 Å². The molecule has 27 heavy (non-hydrogen) atoms. The molecule has 6 nitrogen and oxygen atoms in total. The number of thioether (sulfide) groups is 1. The second-order valence-electron chi connectivity index (χ2n) is 6.35. The summed E-state index contributed by atoms with van der Waals surface area (Å²) in [7, 11) is 0. The van der Waals surface area contributed by atoms with E-state index in [4.69, 9.17) is 5.26 Å². The summed E-state index contributed by atoms with van der Waals surface area (Å²) in [5, 5.41) is 16.3. The Morgan fingerprint density at radius 3 is 2.59 bits per heavy atom. The molecular formula is C20H20N4O2S. The minimum absolute atomic E-state index is 0.0289. The van der Waals surface area contributed by atoms with Crippen LogP contribution >= 0.6 is 11.8 Å². The molecule has 2 N–H and O–H groups in total. The topological polar surface area (TPSA) is 85.2 Å². The van der Waals surface area contributed by atoms with Crippen molar-refractivity contribution in [2.24, 2.45) is 0 Å². The van der Waals surface area contributed by atoms with Crippen LogP contribution in [0.2, 0.25) is 0 Å². The minimum atomic E-state index is -0.345. The van der Waals surface area contributed by atoms with E-state index < -0.39 is 0 Å². The Balaban J connectivity index is 1.54. The number of carbonyl (C=O) groups is 2. The van der Waals surface area contributed by atoms with E-state index in [1.165, 1.54) is 0 Å².